The Morgan fingerprint density at radius 1 is 1.30 bits per heavy atom. The second kappa shape index (κ2) is 5.74. The maximum Gasteiger partial charge on any atom is 0.119 e. The van der Waals surface area contributed by atoms with Crippen molar-refractivity contribution in [2.75, 3.05) is 27.4 Å². The first-order valence-electron chi connectivity index (χ1n) is 7.65. The molecule has 3 heteroatoms. The van der Waals surface area contributed by atoms with Crippen molar-refractivity contribution in [2.45, 2.75) is 38.1 Å². The predicted molar refractivity (Wildman–Crippen MR) is 80.2 cm³/mol. The van der Waals surface area contributed by atoms with E-state index < -0.39 is 0 Å². The molecule has 2 aliphatic rings. The standard InChI is InChI=1S/C17H25NO2/c1-19-10-9-17(7-8-17)12-18-16-6-4-13-3-5-14(20-2)11-15(13)16/h3,5,11,16,18H,4,6-10,12H2,1-2H3. The van der Waals surface area contributed by atoms with Crippen LogP contribution in [0.2, 0.25) is 0 Å². The van der Waals surface area contributed by atoms with Crippen LogP contribution in [0.1, 0.15) is 42.9 Å². The van der Waals surface area contributed by atoms with E-state index in [1.807, 2.05) is 0 Å². The molecular weight excluding hydrogens is 250 g/mol. The Labute approximate surface area is 121 Å². The Morgan fingerprint density at radius 2 is 2.15 bits per heavy atom. The topological polar surface area (TPSA) is 30.5 Å². The zero-order chi connectivity index (χ0) is 14.0. The molecule has 1 atom stereocenters. The van der Waals surface area contributed by atoms with Gasteiger partial charge in [0.2, 0.25) is 0 Å². The van der Waals surface area contributed by atoms with Crippen molar-refractivity contribution in [3.8, 4) is 5.75 Å². The maximum atomic E-state index is 5.35. The van der Waals surface area contributed by atoms with Gasteiger partial charge < -0.3 is 14.8 Å². The Bertz CT molecular complexity index is 468. The summed E-state index contributed by atoms with van der Waals surface area (Å²) in [5, 5.41) is 3.79. The molecule has 3 nitrogen and oxygen atoms in total. The van der Waals surface area contributed by atoms with Crippen LogP contribution in [0.5, 0.6) is 5.75 Å². The Balaban J connectivity index is 1.61. The average molecular weight is 275 g/mol. The molecule has 1 N–H and O–H groups in total. The maximum absolute atomic E-state index is 5.35. The fourth-order valence-electron chi connectivity index (χ4n) is 3.27. The number of nitrogens with one attached hydrogen (secondary N) is 1. The summed E-state index contributed by atoms with van der Waals surface area (Å²) in [6, 6.07) is 6.99. The molecule has 3 rings (SSSR count). The monoisotopic (exact) mass is 275 g/mol. The number of rotatable bonds is 7. The van der Waals surface area contributed by atoms with Gasteiger partial charge in [-0.1, -0.05) is 6.07 Å². The first-order valence-corrected chi connectivity index (χ1v) is 7.65. The van der Waals surface area contributed by atoms with E-state index in [-0.39, 0.29) is 0 Å². The lowest BCUT2D eigenvalue weighted by atomic mass is 10.0. The van der Waals surface area contributed by atoms with Gasteiger partial charge in [0.1, 0.15) is 5.75 Å². The molecule has 110 valence electrons. The minimum absolute atomic E-state index is 0.500. The zero-order valence-electron chi connectivity index (χ0n) is 12.6. The van der Waals surface area contributed by atoms with Gasteiger partial charge >= 0.3 is 0 Å². The van der Waals surface area contributed by atoms with Crippen LogP contribution in [0.15, 0.2) is 18.2 Å². The lowest BCUT2D eigenvalue weighted by Crippen LogP contribution is -2.28. The predicted octanol–water partition coefficient (Wildman–Crippen LogP) is 3.09. The summed E-state index contributed by atoms with van der Waals surface area (Å²) in [5.41, 5.74) is 3.43. The number of methoxy groups -OCH3 is 2. The van der Waals surface area contributed by atoms with Gasteiger partial charge in [-0.25, -0.2) is 0 Å². The van der Waals surface area contributed by atoms with E-state index in [0.29, 0.717) is 11.5 Å². The van der Waals surface area contributed by atoms with Gasteiger partial charge in [-0.3, -0.25) is 0 Å². The third-order valence-electron chi connectivity index (χ3n) is 4.95. The van der Waals surface area contributed by atoms with Crippen LogP contribution in [-0.4, -0.2) is 27.4 Å². The quantitative estimate of drug-likeness (QED) is 0.829. The number of hydrogen-bond acceptors (Lipinski definition) is 3. The van der Waals surface area contributed by atoms with E-state index in [1.165, 1.54) is 43.2 Å². The summed E-state index contributed by atoms with van der Waals surface area (Å²) in [6.45, 7) is 2.01. The van der Waals surface area contributed by atoms with Gasteiger partial charge in [0.05, 0.1) is 7.11 Å². The molecule has 0 aromatic heterocycles. The number of fused-ring (bicyclic) bond motifs is 1. The lowest BCUT2D eigenvalue weighted by molar-refractivity contribution is 0.170. The molecule has 1 saturated carbocycles. The highest BCUT2D eigenvalue weighted by atomic mass is 16.5. The highest BCUT2D eigenvalue weighted by Crippen LogP contribution is 2.48. The highest BCUT2D eigenvalue weighted by Gasteiger charge is 2.42. The van der Waals surface area contributed by atoms with Gasteiger partial charge in [-0.2, -0.15) is 0 Å². The van der Waals surface area contributed by atoms with Crippen molar-refractivity contribution < 1.29 is 9.47 Å². The van der Waals surface area contributed by atoms with E-state index in [9.17, 15) is 0 Å². The minimum atomic E-state index is 0.500. The number of hydrogen-bond donors (Lipinski definition) is 1. The second-order valence-electron chi connectivity index (χ2n) is 6.28. The van der Waals surface area contributed by atoms with Crippen molar-refractivity contribution >= 4 is 0 Å². The summed E-state index contributed by atoms with van der Waals surface area (Å²) >= 11 is 0. The van der Waals surface area contributed by atoms with Gasteiger partial charge in [-0.05, 0) is 60.8 Å². The highest BCUT2D eigenvalue weighted by molar-refractivity contribution is 5.40. The van der Waals surface area contributed by atoms with Crippen molar-refractivity contribution in [2.24, 2.45) is 5.41 Å². The molecule has 1 aromatic carbocycles. The molecule has 1 aromatic rings. The summed E-state index contributed by atoms with van der Waals surface area (Å²) < 4.78 is 10.6. The first-order chi connectivity index (χ1) is 9.76. The van der Waals surface area contributed by atoms with Gasteiger partial charge in [0.25, 0.3) is 0 Å². The SMILES string of the molecule is COCCC1(CNC2CCc3ccc(OC)cc32)CC1. The van der Waals surface area contributed by atoms with Gasteiger partial charge in [0.15, 0.2) is 0 Å². The van der Waals surface area contributed by atoms with Crippen molar-refractivity contribution in [1.82, 2.24) is 5.32 Å². The first kappa shape index (κ1) is 13.9. The molecule has 0 aliphatic heterocycles. The molecule has 0 radical (unpaired) electrons. The van der Waals surface area contributed by atoms with Crippen LogP contribution in [0.4, 0.5) is 0 Å². The third-order valence-corrected chi connectivity index (χ3v) is 4.95. The van der Waals surface area contributed by atoms with Crippen LogP contribution in [0, 0.1) is 5.41 Å². The molecule has 0 amide bonds. The summed E-state index contributed by atoms with van der Waals surface area (Å²) in [7, 11) is 3.53. The molecule has 0 spiro atoms. The zero-order valence-corrected chi connectivity index (χ0v) is 12.6. The molecule has 1 fully saturated rings. The van der Waals surface area contributed by atoms with Gasteiger partial charge in [-0.15, -0.1) is 0 Å². The van der Waals surface area contributed by atoms with Crippen LogP contribution < -0.4 is 10.1 Å². The number of benzene rings is 1. The Morgan fingerprint density at radius 3 is 2.85 bits per heavy atom. The van der Waals surface area contributed by atoms with Crippen LogP contribution >= 0.6 is 0 Å². The Kier molecular flexibility index (Phi) is 3.99. The molecular formula is C17H25NO2. The van der Waals surface area contributed by atoms with Crippen molar-refractivity contribution in [1.29, 1.82) is 0 Å². The van der Waals surface area contributed by atoms with E-state index in [1.54, 1.807) is 14.2 Å². The third kappa shape index (κ3) is 2.84. The van der Waals surface area contributed by atoms with E-state index in [4.69, 9.17) is 9.47 Å². The molecule has 1 unspecified atom stereocenters. The molecule has 20 heavy (non-hydrogen) atoms. The molecule has 0 bridgehead atoms. The summed E-state index contributed by atoms with van der Waals surface area (Å²) in [5.74, 6) is 0.970. The number of aryl methyl sites for hydroxylation is 1. The van der Waals surface area contributed by atoms with Crippen LogP contribution in [-0.2, 0) is 11.2 Å². The second-order valence-corrected chi connectivity index (χ2v) is 6.28. The summed E-state index contributed by atoms with van der Waals surface area (Å²) in [4.78, 5) is 0. The van der Waals surface area contributed by atoms with Crippen molar-refractivity contribution in [3.63, 3.8) is 0 Å². The lowest BCUT2D eigenvalue weighted by Gasteiger charge is -2.20. The number of ether oxygens (including phenoxy) is 2. The minimum Gasteiger partial charge on any atom is -0.497 e. The van der Waals surface area contributed by atoms with Crippen LogP contribution in [0.3, 0.4) is 0 Å². The van der Waals surface area contributed by atoms with Crippen molar-refractivity contribution in [3.05, 3.63) is 29.3 Å². The van der Waals surface area contributed by atoms with Gasteiger partial charge in [0, 0.05) is 26.3 Å². The van der Waals surface area contributed by atoms with Crippen LogP contribution in [0.25, 0.3) is 0 Å². The van der Waals surface area contributed by atoms with E-state index in [0.717, 1.165) is 18.9 Å². The fourth-order valence-corrected chi connectivity index (χ4v) is 3.27. The molecule has 2 aliphatic carbocycles. The fraction of sp³-hybridized carbons (Fsp3) is 0.647. The van der Waals surface area contributed by atoms with E-state index >= 15 is 0 Å². The molecule has 0 heterocycles. The molecule has 0 saturated heterocycles. The average Bonchev–Trinajstić information content (AvgIpc) is 3.15. The Hall–Kier alpha value is -1.06. The van der Waals surface area contributed by atoms with E-state index in [2.05, 4.69) is 23.5 Å². The smallest absolute Gasteiger partial charge is 0.119 e. The largest absolute Gasteiger partial charge is 0.497 e. The summed E-state index contributed by atoms with van der Waals surface area (Å²) in [6.07, 6.45) is 6.28. The normalized spacial score (nSPS) is 22.6.